The second-order valence-electron chi connectivity index (χ2n) is 6.70. The molecule has 0 bridgehead atoms. The van der Waals surface area contributed by atoms with Crippen molar-refractivity contribution in [3.05, 3.63) is 83.2 Å². The number of amides is 2. The van der Waals surface area contributed by atoms with Crippen molar-refractivity contribution in [3.8, 4) is 10.7 Å². The zero-order valence-corrected chi connectivity index (χ0v) is 18.5. The summed E-state index contributed by atoms with van der Waals surface area (Å²) in [6.45, 7) is 0.399. The predicted molar refractivity (Wildman–Crippen MR) is 127 cm³/mol. The Bertz CT molecular complexity index is 1210. The molecular weight excluding hydrogens is 444 g/mol. The molecule has 8 nitrogen and oxygen atoms in total. The third kappa shape index (κ3) is 5.16. The van der Waals surface area contributed by atoms with Gasteiger partial charge >= 0.3 is 0 Å². The van der Waals surface area contributed by atoms with Crippen LogP contribution >= 0.6 is 23.1 Å². The van der Waals surface area contributed by atoms with Gasteiger partial charge in [0.25, 0.3) is 5.91 Å². The molecule has 162 valence electrons. The molecule has 0 unspecified atom stereocenters. The molecule has 0 aliphatic heterocycles. The number of nitrogens with two attached hydrogens (primary N) is 1. The standard InChI is InChI=1S/C22H20N6O2S2/c23-28-20(18-11-6-12-31-18)26-27-22(28)32-14-19(29)25-17-10-5-4-9-16(17)21(30)24-13-15-7-2-1-3-8-15/h1-12H,13-14,23H2,(H,24,30)(H,25,29). The molecular formula is C22H20N6O2S2. The van der Waals surface area contributed by atoms with Gasteiger partial charge in [-0.1, -0.05) is 60.3 Å². The van der Waals surface area contributed by atoms with Gasteiger partial charge in [-0.2, -0.15) is 0 Å². The highest BCUT2D eigenvalue weighted by Crippen LogP contribution is 2.25. The average molecular weight is 465 g/mol. The lowest BCUT2D eigenvalue weighted by Gasteiger charge is -2.11. The fraction of sp³-hybridized carbons (Fsp3) is 0.0909. The summed E-state index contributed by atoms with van der Waals surface area (Å²) in [5.74, 6) is 6.14. The Morgan fingerprint density at radius 3 is 2.56 bits per heavy atom. The summed E-state index contributed by atoms with van der Waals surface area (Å²) in [6.07, 6.45) is 0. The van der Waals surface area contributed by atoms with Gasteiger partial charge in [-0.25, -0.2) is 4.68 Å². The first-order chi connectivity index (χ1) is 15.6. The number of nitrogens with zero attached hydrogens (tertiary/aromatic N) is 3. The summed E-state index contributed by atoms with van der Waals surface area (Å²) in [7, 11) is 0. The van der Waals surface area contributed by atoms with E-state index in [2.05, 4.69) is 20.8 Å². The SMILES string of the molecule is Nn1c(SCC(=O)Nc2ccccc2C(=O)NCc2ccccc2)nnc1-c1cccs1. The number of nitrogens with one attached hydrogen (secondary N) is 2. The Hall–Kier alpha value is -3.63. The molecule has 0 atom stereocenters. The third-order valence-corrected chi connectivity index (χ3v) is 6.29. The monoisotopic (exact) mass is 464 g/mol. The zero-order valence-electron chi connectivity index (χ0n) is 16.9. The number of anilines is 1. The van der Waals surface area contributed by atoms with Crippen molar-refractivity contribution in [1.82, 2.24) is 20.2 Å². The lowest BCUT2D eigenvalue weighted by molar-refractivity contribution is -0.113. The molecule has 0 fully saturated rings. The molecule has 4 aromatic rings. The van der Waals surface area contributed by atoms with E-state index in [-0.39, 0.29) is 17.6 Å². The van der Waals surface area contributed by atoms with Crippen molar-refractivity contribution in [2.45, 2.75) is 11.7 Å². The van der Waals surface area contributed by atoms with E-state index in [9.17, 15) is 9.59 Å². The minimum absolute atomic E-state index is 0.0692. The van der Waals surface area contributed by atoms with Crippen molar-refractivity contribution in [2.24, 2.45) is 0 Å². The van der Waals surface area contributed by atoms with Crippen LogP contribution in [-0.4, -0.2) is 32.4 Å². The smallest absolute Gasteiger partial charge is 0.253 e. The quantitative estimate of drug-likeness (QED) is 0.272. The van der Waals surface area contributed by atoms with Gasteiger partial charge in [-0.05, 0) is 29.1 Å². The van der Waals surface area contributed by atoms with Gasteiger partial charge < -0.3 is 16.5 Å². The number of rotatable bonds is 8. The Morgan fingerprint density at radius 1 is 1.00 bits per heavy atom. The summed E-state index contributed by atoms with van der Waals surface area (Å²) >= 11 is 2.68. The first-order valence-electron chi connectivity index (χ1n) is 9.70. The molecule has 10 heteroatoms. The second-order valence-corrected chi connectivity index (χ2v) is 8.59. The fourth-order valence-electron chi connectivity index (χ4n) is 2.93. The van der Waals surface area contributed by atoms with E-state index in [1.54, 1.807) is 24.3 Å². The van der Waals surface area contributed by atoms with E-state index in [0.29, 0.717) is 28.8 Å². The van der Waals surface area contributed by atoms with Crippen LogP contribution in [0.25, 0.3) is 10.7 Å². The van der Waals surface area contributed by atoms with Crippen molar-refractivity contribution in [2.75, 3.05) is 16.9 Å². The molecule has 2 heterocycles. The van der Waals surface area contributed by atoms with Crippen LogP contribution in [0.5, 0.6) is 0 Å². The molecule has 0 radical (unpaired) electrons. The van der Waals surface area contributed by atoms with Crippen LogP contribution in [-0.2, 0) is 11.3 Å². The number of para-hydroxylation sites is 1. The van der Waals surface area contributed by atoms with E-state index >= 15 is 0 Å². The van der Waals surface area contributed by atoms with Gasteiger partial charge in [0.1, 0.15) is 0 Å². The number of thioether (sulfide) groups is 1. The minimum Gasteiger partial charge on any atom is -0.348 e. The van der Waals surface area contributed by atoms with Crippen LogP contribution in [0.15, 0.2) is 77.3 Å². The molecule has 4 N–H and O–H groups in total. The average Bonchev–Trinajstić information content (AvgIpc) is 3.47. The predicted octanol–water partition coefficient (Wildman–Crippen LogP) is 3.38. The van der Waals surface area contributed by atoms with Gasteiger partial charge in [-0.3, -0.25) is 9.59 Å². The maximum Gasteiger partial charge on any atom is 0.253 e. The highest BCUT2D eigenvalue weighted by Gasteiger charge is 2.16. The number of nitrogen functional groups attached to an aromatic ring is 1. The van der Waals surface area contributed by atoms with Crippen LogP contribution in [0.3, 0.4) is 0 Å². The summed E-state index contributed by atoms with van der Waals surface area (Å²) in [6, 6.07) is 20.3. The molecule has 2 aromatic heterocycles. The maximum absolute atomic E-state index is 12.7. The molecule has 2 amide bonds. The summed E-state index contributed by atoms with van der Waals surface area (Å²) < 4.78 is 1.37. The van der Waals surface area contributed by atoms with Crippen LogP contribution in [0.4, 0.5) is 5.69 Å². The lowest BCUT2D eigenvalue weighted by Crippen LogP contribution is -2.25. The lowest BCUT2D eigenvalue weighted by atomic mass is 10.1. The number of thiophene rings is 1. The van der Waals surface area contributed by atoms with Crippen molar-refractivity contribution >= 4 is 40.6 Å². The molecule has 0 saturated heterocycles. The van der Waals surface area contributed by atoms with E-state index in [1.165, 1.54) is 27.8 Å². The highest BCUT2D eigenvalue weighted by molar-refractivity contribution is 7.99. The largest absolute Gasteiger partial charge is 0.348 e. The van der Waals surface area contributed by atoms with Crippen LogP contribution in [0, 0.1) is 0 Å². The molecule has 2 aromatic carbocycles. The number of hydrogen-bond donors (Lipinski definition) is 3. The van der Waals surface area contributed by atoms with Crippen LogP contribution in [0.2, 0.25) is 0 Å². The van der Waals surface area contributed by atoms with Crippen molar-refractivity contribution < 1.29 is 9.59 Å². The molecule has 0 saturated carbocycles. The van der Waals surface area contributed by atoms with Gasteiger partial charge in [0.15, 0.2) is 5.82 Å². The van der Waals surface area contributed by atoms with Gasteiger partial charge in [0, 0.05) is 6.54 Å². The topological polar surface area (TPSA) is 115 Å². The number of carbonyl (C=O) groups excluding carboxylic acids is 2. The Labute approximate surface area is 192 Å². The van der Waals surface area contributed by atoms with Gasteiger partial charge in [0.05, 0.1) is 21.9 Å². The van der Waals surface area contributed by atoms with Crippen molar-refractivity contribution in [1.29, 1.82) is 0 Å². The molecule has 0 aliphatic rings. The Kier molecular flexibility index (Phi) is 6.83. The number of hydrogen-bond acceptors (Lipinski definition) is 7. The van der Waals surface area contributed by atoms with Gasteiger partial charge in [-0.15, -0.1) is 21.5 Å². The summed E-state index contributed by atoms with van der Waals surface area (Å²) in [5, 5.41) is 16.2. The van der Waals surface area contributed by atoms with Crippen LogP contribution < -0.4 is 16.5 Å². The minimum atomic E-state index is -0.279. The van der Waals surface area contributed by atoms with E-state index in [1.807, 2.05) is 47.8 Å². The highest BCUT2D eigenvalue weighted by atomic mass is 32.2. The summed E-state index contributed by atoms with van der Waals surface area (Å²) in [4.78, 5) is 26.1. The van der Waals surface area contributed by atoms with Crippen molar-refractivity contribution in [3.63, 3.8) is 0 Å². The zero-order chi connectivity index (χ0) is 22.3. The molecule has 4 rings (SSSR count). The third-order valence-electron chi connectivity index (χ3n) is 4.48. The van der Waals surface area contributed by atoms with E-state index in [4.69, 9.17) is 5.84 Å². The second kappa shape index (κ2) is 10.1. The first kappa shape index (κ1) is 21.6. The number of aromatic nitrogens is 3. The normalized spacial score (nSPS) is 10.6. The fourth-order valence-corrected chi connectivity index (χ4v) is 4.29. The molecule has 32 heavy (non-hydrogen) atoms. The molecule has 0 aliphatic carbocycles. The Morgan fingerprint density at radius 2 is 1.78 bits per heavy atom. The maximum atomic E-state index is 12.7. The van der Waals surface area contributed by atoms with E-state index < -0.39 is 0 Å². The molecule has 0 spiro atoms. The van der Waals surface area contributed by atoms with E-state index in [0.717, 1.165) is 10.4 Å². The number of carbonyl (C=O) groups is 2. The number of benzene rings is 2. The summed E-state index contributed by atoms with van der Waals surface area (Å²) in [5.41, 5.74) is 1.83. The Balaban J connectivity index is 1.36. The van der Waals surface area contributed by atoms with Gasteiger partial charge in [0.2, 0.25) is 11.1 Å². The van der Waals surface area contributed by atoms with Crippen LogP contribution in [0.1, 0.15) is 15.9 Å². The first-order valence-corrected chi connectivity index (χ1v) is 11.6.